The molecule has 0 bridgehead atoms. The lowest BCUT2D eigenvalue weighted by Gasteiger charge is -2.32. The number of rotatable bonds is 12. The maximum absolute atomic E-state index is 13.9. The number of carbonyl (C=O) groups excluding carboxylic acids is 3. The first kappa shape index (κ1) is 29.1. The van der Waals surface area contributed by atoms with Gasteiger partial charge in [-0.15, -0.1) is 11.3 Å². The predicted molar refractivity (Wildman–Crippen MR) is 154 cm³/mol. The van der Waals surface area contributed by atoms with Gasteiger partial charge in [-0.05, 0) is 66.1 Å². The summed E-state index contributed by atoms with van der Waals surface area (Å²) in [7, 11) is 3.05. The fourth-order valence-corrected chi connectivity index (χ4v) is 5.26. The van der Waals surface area contributed by atoms with Crippen molar-refractivity contribution in [2.45, 2.75) is 38.3 Å². The Kier molecular flexibility index (Phi) is 10.2. The molecule has 3 aromatic rings. The van der Waals surface area contributed by atoms with Crippen LogP contribution in [0.3, 0.4) is 0 Å². The second-order valence-electron chi connectivity index (χ2n) is 9.34. The van der Waals surface area contributed by atoms with Crippen molar-refractivity contribution >= 4 is 34.7 Å². The summed E-state index contributed by atoms with van der Waals surface area (Å²) in [5.74, 6) is -0.244. The first-order valence-corrected chi connectivity index (χ1v) is 14.2. The number of ether oxygens (including phenoxy) is 3. The van der Waals surface area contributed by atoms with Crippen molar-refractivity contribution in [2.24, 2.45) is 0 Å². The van der Waals surface area contributed by atoms with Crippen molar-refractivity contribution in [3.63, 3.8) is 0 Å². The number of methoxy groups -OCH3 is 2. The summed E-state index contributed by atoms with van der Waals surface area (Å²) in [4.78, 5) is 42.4. The van der Waals surface area contributed by atoms with Crippen LogP contribution in [0.25, 0.3) is 0 Å². The lowest BCUT2D eigenvalue weighted by molar-refractivity contribution is -0.126. The van der Waals surface area contributed by atoms with E-state index in [1.165, 1.54) is 30.5 Å². The van der Waals surface area contributed by atoms with Crippen LogP contribution in [0.2, 0.25) is 0 Å². The molecule has 2 N–H and O–H groups in total. The second kappa shape index (κ2) is 14.0. The quantitative estimate of drug-likeness (QED) is 0.342. The normalized spacial score (nSPS) is 15.2. The van der Waals surface area contributed by atoms with Gasteiger partial charge in [-0.2, -0.15) is 0 Å². The molecular formula is C30H35N3O6S. The Morgan fingerprint density at radius 1 is 1.05 bits per heavy atom. The molecule has 1 aromatic heterocycles. The van der Waals surface area contributed by atoms with Gasteiger partial charge in [0.25, 0.3) is 5.91 Å². The highest BCUT2D eigenvalue weighted by atomic mass is 32.1. The Bertz CT molecular complexity index is 1290. The Morgan fingerprint density at radius 3 is 2.45 bits per heavy atom. The number of carbonyl (C=O) groups is 3. The molecule has 40 heavy (non-hydrogen) atoms. The van der Waals surface area contributed by atoms with E-state index >= 15 is 0 Å². The van der Waals surface area contributed by atoms with Gasteiger partial charge in [0.05, 0.1) is 31.7 Å². The van der Waals surface area contributed by atoms with Gasteiger partial charge < -0.3 is 24.8 Å². The van der Waals surface area contributed by atoms with E-state index < -0.39 is 11.9 Å². The fraction of sp³-hybridized carbons (Fsp3) is 0.367. The fourth-order valence-electron chi connectivity index (χ4n) is 4.62. The average Bonchev–Trinajstić information content (AvgIpc) is 3.72. The van der Waals surface area contributed by atoms with E-state index in [0.717, 1.165) is 24.8 Å². The van der Waals surface area contributed by atoms with E-state index in [1.807, 2.05) is 31.2 Å². The monoisotopic (exact) mass is 565 g/mol. The zero-order valence-corrected chi connectivity index (χ0v) is 23.8. The molecule has 0 spiro atoms. The summed E-state index contributed by atoms with van der Waals surface area (Å²) in [5, 5.41) is 7.49. The van der Waals surface area contributed by atoms with E-state index in [0.29, 0.717) is 40.8 Å². The molecule has 0 unspecified atom stereocenters. The minimum Gasteiger partial charge on any atom is -0.493 e. The number of aryl methyl sites for hydroxylation is 1. The van der Waals surface area contributed by atoms with Crippen LogP contribution in [-0.2, 0) is 20.7 Å². The molecule has 10 heteroatoms. The summed E-state index contributed by atoms with van der Waals surface area (Å²) in [6, 6.07) is 15.0. The summed E-state index contributed by atoms with van der Waals surface area (Å²) in [5.41, 5.74) is 2.15. The predicted octanol–water partition coefficient (Wildman–Crippen LogP) is 4.13. The number of anilines is 1. The molecule has 1 fully saturated rings. The van der Waals surface area contributed by atoms with E-state index in [1.54, 1.807) is 35.7 Å². The number of hydrogen-bond donors (Lipinski definition) is 2. The van der Waals surface area contributed by atoms with Crippen molar-refractivity contribution in [2.75, 3.05) is 38.8 Å². The molecule has 0 saturated carbocycles. The molecular weight excluding hydrogens is 530 g/mol. The molecule has 0 radical (unpaired) electrons. The lowest BCUT2D eigenvalue weighted by Crippen LogP contribution is -2.48. The first-order chi connectivity index (χ1) is 19.4. The molecule has 1 aliphatic heterocycles. The number of nitrogens with zero attached hydrogens (tertiary/aromatic N) is 1. The Balaban J connectivity index is 1.71. The molecule has 9 nitrogen and oxygen atoms in total. The first-order valence-electron chi connectivity index (χ1n) is 13.3. The number of nitrogens with one attached hydrogen (secondary N) is 2. The van der Waals surface area contributed by atoms with Crippen LogP contribution in [0.4, 0.5) is 5.69 Å². The third-order valence-corrected chi connectivity index (χ3v) is 7.66. The minimum absolute atomic E-state index is 0.0759. The Morgan fingerprint density at radius 2 is 1.82 bits per heavy atom. The number of benzene rings is 2. The van der Waals surface area contributed by atoms with Gasteiger partial charge in [-0.1, -0.05) is 31.2 Å². The molecule has 4 rings (SSSR count). The van der Waals surface area contributed by atoms with Gasteiger partial charge >= 0.3 is 0 Å². The summed E-state index contributed by atoms with van der Waals surface area (Å²) in [6.07, 6.45) is 2.55. The molecule has 1 saturated heterocycles. The lowest BCUT2D eigenvalue weighted by atomic mass is 10.0. The van der Waals surface area contributed by atoms with E-state index in [4.69, 9.17) is 14.2 Å². The van der Waals surface area contributed by atoms with Crippen LogP contribution >= 0.6 is 11.3 Å². The van der Waals surface area contributed by atoms with Crippen molar-refractivity contribution in [1.29, 1.82) is 0 Å². The molecule has 2 atom stereocenters. The van der Waals surface area contributed by atoms with E-state index in [2.05, 4.69) is 10.6 Å². The second-order valence-corrected chi connectivity index (χ2v) is 10.3. The average molecular weight is 566 g/mol. The highest BCUT2D eigenvalue weighted by molar-refractivity contribution is 7.12. The molecule has 2 aromatic carbocycles. The summed E-state index contributed by atoms with van der Waals surface area (Å²) in [6.45, 7) is 2.74. The number of amides is 3. The molecule has 0 aliphatic carbocycles. The largest absolute Gasteiger partial charge is 0.493 e. The number of thiophene rings is 1. The van der Waals surface area contributed by atoms with Crippen LogP contribution in [0, 0.1) is 0 Å². The smallest absolute Gasteiger partial charge is 0.261 e. The van der Waals surface area contributed by atoms with Gasteiger partial charge in [-0.25, -0.2) is 0 Å². The van der Waals surface area contributed by atoms with Crippen molar-refractivity contribution in [3.8, 4) is 11.5 Å². The minimum atomic E-state index is -1.06. The number of hydrogen-bond acceptors (Lipinski definition) is 7. The highest BCUT2D eigenvalue weighted by Gasteiger charge is 2.34. The van der Waals surface area contributed by atoms with Gasteiger partial charge in [0, 0.05) is 18.8 Å². The van der Waals surface area contributed by atoms with Crippen LogP contribution < -0.4 is 25.0 Å². The maximum Gasteiger partial charge on any atom is 0.261 e. The molecule has 212 valence electrons. The Hall–Kier alpha value is -3.89. The molecule has 3 amide bonds. The third-order valence-electron chi connectivity index (χ3n) is 6.79. The maximum atomic E-state index is 13.9. The van der Waals surface area contributed by atoms with Gasteiger partial charge in [0.2, 0.25) is 11.8 Å². The molecule has 1 aliphatic rings. The van der Waals surface area contributed by atoms with Gasteiger partial charge in [-0.3, -0.25) is 19.3 Å². The molecule has 2 heterocycles. The zero-order chi connectivity index (χ0) is 28.5. The summed E-state index contributed by atoms with van der Waals surface area (Å²) >= 11 is 1.29. The summed E-state index contributed by atoms with van der Waals surface area (Å²) < 4.78 is 16.6. The van der Waals surface area contributed by atoms with E-state index in [-0.39, 0.29) is 24.5 Å². The zero-order valence-electron chi connectivity index (χ0n) is 23.0. The van der Waals surface area contributed by atoms with Crippen LogP contribution in [0.5, 0.6) is 11.5 Å². The van der Waals surface area contributed by atoms with Crippen LogP contribution in [0.15, 0.2) is 60.0 Å². The Labute approximate surface area is 238 Å². The van der Waals surface area contributed by atoms with Crippen LogP contribution in [-0.4, -0.2) is 57.7 Å². The standard InChI is InChI=1S/C30H35N3O6S/c1-4-20-9-12-22(13-10-20)33(27(34)19-32-29(35)26-8-6-16-40-26)28(30(36)31-18-23-7-5-15-39-23)21-11-14-24(37-2)25(17-21)38-3/h6,8-14,16-17,23,28H,4-5,7,15,18-19H2,1-3H3,(H,31,36)(H,32,35)/t23-,28+/m0/s1. The third kappa shape index (κ3) is 7.00. The van der Waals surface area contributed by atoms with Crippen molar-refractivity contribution in [3.05, 3.63) is 76.0 Å². The SMILES string of the molecule is CCc1ccc(N(C(=O)CNC(=O)c2cccs2)[C@@H](C(=O)NC[C@@H]2CCCO2)c2ccc(OC)c(OC)c2)cc1. The van der Waals surface area contributed by atoms with Crippen molar-refractivity contribution in [1.82, 2.24) is 10.6 Å². The van der Waals surface area contributed by atoms with Gasteiger partial charge in [0.1, 0.15) is 6.04 Å². The highest BCUT2D eigenvalue weighted by Crippen LogP contribution is 2.34. The van der Waals surface area contributed by atoms with Crippen LogP contribution in [0.1, 0.15) is 46.6 Å². The topological polar surface area (TPSA) is 106 Å². The van der Waals surface area contributed by atoms with Gasteiger partial charge in [0.15, 0.2) is 11.5 Å². The van der Waals surface area contributed by atoms with Crippen molar-refractivity contribution < 1.29 is 28.6 Å². The van der Waals surface area contributed by atoms with E-state index in [9.17, 15) is 14.4 Å².